The van der Waals surface area contributed by atoms with Gasteiger partial charge in [-0.2, -0.15) is 0 Å². The molecule has 8 heteroatoms. The molecule has 2 aliphatic rings. The number of aromatic hydroxyl groups is 1. The monoisotopic (exact) mass is 527 g/mol. The van der Waals surface area contributed by atoms with Gasteiger partial charge in [0.15, 0.2) is 17.5 Å². The molecule has 8 nitrogen and oxygen atoms in total. The van der Waals surface area contributed by atoms with Crippen molar-refractivity contribution in [1.29, 1.82) is 0 Å². The molecule has 3 rings (SSSR count). The predicted molar refractivity (Wildman–Crippen MR) is 149 cm³/mol. The number of methoxy groups -OCH3 is 1. The summed E-state index contributed by atoms with van der Waals surface area (Å²) in [5.74, 6) is 7.31. The second-order valence-electron chi connectivity index (χ2n) is 10.9. The maximum Gasteiger partial charge on any atom is 0.302 e. The zero-order valence-electron chi connectivity index (χ0n) is 23.2. The van der Waals surface area contributed by atoms with E-state index in [2.05, 4.69) is 24.1 Å². The number of aliphatic imine (C=N–C) groups is 1. The second-order valence-corrected chi connectivity index (χ2v) is 10.9. The van der Waals surface area contributed by atoms with Gasteiger partial charge in [0.25, 0.3) is 0 Å². The van der Waals surface area contributed by atoms with Crippen LogP contribution < -0.4 is 15.8 Å². The molecule has 0 spiro atoms. The predicted octanol–water partition coefficient (Wildman–Crippen LogP) is 4.06. The molecule has 1 saturated carbocycles. The Morgan fingerprint density at radius 1 is 1.26 bits per heavy atom. The Morgan fingerprint density at radius 3 is 2.71 bits per heavy atom. The van der Waals surface area contributed by atoms with E-state index in [1.807, 2.05) is 6.07 Å². The number of aliphatic hydroxyl groups excluding tert-OH is 1. The normalized spacial score (nSPS) is 27.1. The average Bonchev–Trinajstić information content (AvgIpc) is 2.90. The highest BCUT2D eigenvalue weighted by Gasteiger charge is 2.32. The van der Waals surface area contributed by atoms with E-state index in [1.165, 1.54) is 33.3 Å². The summed E-state index contributed by atoms with van der Waals surface area (Å²) in [6.45, 7) is 3.97. The number of aliphatic hydroxyl groups is 1. The van der Waals surface area contributed by atoms with Crippen molar-refractivity contribution in [1.82, 2.24) is 5.32 Å². The van der Waals surface area contributed by atoms with Crippen LogP contribution in [0.5, 0.6) is 11.5 Å². The number of carbonyl (C=O) groups excluding carboxylic acids is 1. The third-order valence-electron chi connectivity index (χ3n) is 7.95. The highest BCUT2D eigenvalue weighted by molar-refractivity contribution is 5.78. The number of benzene rings is 1. The summed E-state index contributed by atoms with van der Waals surface area (Å²) in [4.78, 5) is 16.6. The van der Waals surface area contributed by atoms with Gasteiger partial charge < -0.3 is 30.7 Å². The van der Waals surface area contributed by atoms with Gasteiger partial charge in [0.1, 0.15) is 6.10 Å². The summed E-state index contributed by atoms with van der Waals surface area (Å²) in [7, 11) is 1.51. The second kappa shape index (κ2) is 14.3. The fourth-order valence-corrected chi connectivity index (χ4v) is 5.53. The van der Waals surface area contributed by atoms with Crippen LogP contribution >= 0.6 is 0 Å². The maximum absolute atomic E-state index is 11.9. The van der Waals surface area contributed by atoms with Gasteiger partial charge in [-0.1, -0.05) is 38.2 Å². The maximum atomic E-state index is 11.9. The first-order valence-electron chi connectivity index (χ1n) is 14.0. The molecule has 0 amide bonds. The van der Waals surface area contributed by atoms with Crippen molar-refractivity contribution >= 4 is 11.9 Å². The molecule has 0 aliphatic heterocycles. The number of nitrogens with two attached hydrogens (primary N) is 1. The van der Waals surface area contributed by atoms with Gasteiger partial charge in [-0.15, -0.1) is 5.92 Å². The summed E-state index contributed by atoms with van der Waals surface area (Å²) < 4.78 is 11.0. The molecule has 0 unspecified atom stereocenters. The van der Waals surface area contributed by atoms with E-state index in [4.69, 9.17) is 20.2 Å². The number of phenols is 1. The summed E-state index contributed by atoms with van der Waals surface area (Å²) in [6, 6.07) is 5.61. The van der Waals surface area contributed by atoms with E-state index < -0.39 is 12.2 Å². The largest absolute Gasteiger partial charge is 0.504 e. The van der Waals surface area contributed by atoms with Gasteiger partial charge in [0.05, 0.1) is 25.2 Å². The van der Waals surface area contributed by atoms with Gasteiger partial charge in [0.2, 0.25) is 0 Å². The topological polar surface area (TPSA) is 126 Å². The Balaban J connectivity index is 1.82. The minimum absolute atomic E-state index is 0.0690. The number of esters is 1. The van der Waals surface area contributed by atoms with Crippen molar-refractivity contribution in [3.05, 3.63) is 23.8 Å². The molecule has 0 bridgehead atoms. The van der Waals surface area contributed by atoms with Crippen LogP contribution in [0.2, 0.25) is 0 Å². The first kappa shape index (κ1) is 29.6. The Labute approximate surface area is 227 Å². The number of nitrogens with zero attached hydrogens (tertiary/aromatic N) is 1. The fourth-order valence-electron chi connectivity index (χ4n) is 5.53. The number of guanidine groups is 1. The number of nitrogens with one attached hydrogen (secondary N) is 1. The molecule has 210 valence electrons. The Hall–Kier alpha value is -2.92. The molecule has 0 aromatic heterocycles. The highest BCUT2D eigenvalue weighted by Crippen LogP contribution is 2.34. The van der Waals surface area contributed by atoms with Crippen LogP contribution in [-0.2, 0) is 16.0 Å². The number of rotatable bonds is 8. The van der Waals surface area contributed by atoms with E-state index in [0.29, 0.717) is 56.4 Å². The quantitative estimate of drug-likeness (QED) is 0.174. The molecule has 0 saturated heterocycles. The fraction of sp³-hybridized carbons (Fsp3) is 0.667. The molecule has 1 aromatic carbocycles. The van der Waals surface area contributed by atoms with E-state index in [1.54, 1.807) is 12.1 Å². The van der Waals surface area contributed by atoms with Crippen LogP contribution in [-0.4, -0.2) is 54.0 Å². The Bertz CT molecular complexity index is 1010. The molecule has 4 atom stereocenters. The molecule has 2 aliphatic carbocycles. The van der Waals surface area contributed by atoms with Crippen molar-refractivity contribution < 1.29 is 24.5 Å². The molecular formula is C30H45N3O5. The molecule has 5 N–H and O–H groups in total. The van der Waals surface area contributed by atoms with Gasteiger partial charge in [-0.25, -0.2) is 0 Å². The smallest absolute Gasteiger partial charge is 0.302 e. The van der Waals surface area contributed by atoms with Gasteiger partial charge in [-0.3, -0.25) is 9.79 Å². The number of hydrogen-bond acceptors (Lipinski definition) is 6. The summed E-state index contributed by atoms with van der Waals surface area (Å²) in [6.07, 6.45) is 8.28. The number of carbonyl (C=O) groups is 1. The third kappa shape index (κ3) is 8.83. The minimum Gasteiger partial charge on any atom is -0.504 e. The first-order chi connectivity index (χ1) is 18.2. The van der Waals surface area contributed by atoms with Gasteiger partial charge >= 0.3 is 5.97 Å². The van der Waals surface area contributed by atoms with E-state index in [0.717, 1.165) is 24.8 Å². The van der Waals surface area contributed by atoms with E-state index >= 15 is 0 Å². The Kier molecular flexibility index (Phi) is 11.1. The summed E-state index contributed by atoms with van der Waals surface area (Å²) in [5, 5.41) is 24.3. The van der Waals surface area contributed by atoms with Crippen molar-refractivity contribution in [3.8, 4) is 23.3 Å². The number of phenolic OH excluding ortho intramolecular Hbond substituents is 1. The van der Waals surface area contributed by atoms with Crippen LogP contribution in [0.3, 0.4) is 0 Å². The lowest BCUT2D eigenvalue weighted by Crippen LogP contribution is -2.41. The van der Waals surface area contributed by atoms with Crippen molar-refractivity contribution in [3.63, 3.8) is 0 Å². The van der Waals surface area contributed by atoms with E-state index in [-0.39, 0.29) is 23.1 Å². The molecular weight excluding hydrogens is 482 g/mol. The van der Waals surface area contributed by atoms with Crippen LogP contribution in [0, 0.1) is 23.2 Å². The SMILES string of the molecule is CC[C@]1(CN=C(N)NC2CCCCC2)C#CC[C@H](Cc2ccc(O)c(OC)c2)[C@@H](OC(C)=O)C[C@@H](O)CC1. The molecule has 1 aromatic rings. The van der Waals surface area contributed by atoms with Gasteiger partial charge in [0, 0.05) is 31.7 Å². The summed E-state index contributed by atoms with van der Waals surface area (Å²) in [5.41, 5.74) is 6.80. The van der Waals surface area contributed by atoms with Crippen molar-refractivity contribution in [2.75, 3.05) is 13.7 Å². The lowest BCUT2D eigenvalue weighted by Gasteiger charge is -2.32. The standard InChI is InChI=1S/C30H45N3O5/c1-4-30(20-32-29(31)33-24-10-6-5-7-11-24)15-8-9-23(17-22-12-13-26(36)28(18-22)37-3)27(38-21(2)34)19-25(35)14-16-30/h12-13,18,23-25,27,35-36H,4-7,9-11,14,16-17,19-20H2,1-3H3,(H3,31,32,33)/t23-,25+,27+,30+/m1/s1. The van der Waals surface area contributed by atoms with Gasteiger partial charge in [-0.05, 0) is 56.2 Å². The number of hydrogen-bond donors (Lipinski definition) is 4. The van der Waals surface area contributed by atoms with Crippen LogP contribution in [0.25, 0.3) is 0 Å². The third-order valence-corrected chi connectivity index (χ3v) is 7.95. The first-order valence-corrected chi connectivity index (χ1v) is 14.0. The number of ether oxygens (including phenoxy) is 2. The van der Waals surface area contributed by atoms with E-state index in [9.17, 15) is 15.0 Å². The highest BCUT2D eigenvalue weighted by atomic mass is 16.5. The lowest BCUT2D eigenvalue weighted by molar-refractivity contribution is -0.151. The molecule has 38 heavy (non-hydrogen) atoms. The summed E-state index contributed by atoms with van der Waals surface area (Å²) >= 11 is 0. The zero-order chi connectivity index (χ0) is 27.5. The minimum atomic E-state index is -0.635. The Morgan fingerprint density at radius 2 is 2.03 bits per heavy atom. The average molecular weight is 528 g/mol. The van der Waals surface area contributed by atoms with Crippen LogP contribution in [0.15, 0.2) is 23.2 Å². The van der Waals surface area contributed by atoms with Crippen LogP contribution in [0.4, 0.5) is 0 Å². The van der Waals surface area contributed by atoms with Crippen molar-refractivity contribution in [2.24, 2.45) is 22.1 Å². The molecule has 1 fully saturated rings. The van der Waals surface area contributed by atoms with Crippen molar-refractivity contribution in [2.45, 2.75) is 103 Å². The zero-order valence-corrected chi connectivity index (χ0v) is 23.2. The molecule has 0 radical (unpaired) electrons. The molecule has 0 heterocycles. The van der Waals surface area contributed by atoms with Crippen LogP contribution in [0.1, 0.15) is 83.6 Å². The lowest BCUT2D eigenvalue weighted by atomic mass is 9.78.